The van der Waals surface area contributed by atoms with Gasteiger partial charge in [-0.2, -0.15) is 4.98 Å². The number of nitrogens with one attached hydrogen (secondary N) is 1. The molecule has 0 spiro atoms. The number of nitrogens with two attached hydrogens (primary N) is 1. The molecular weight excluding hydrogens is 612 g/mol. The number of amides is 1. The standard InChI is InChI=1S/C20H31N4O16P.Na/c1-7(26)22-12-8(27)4-20(18(32)33,39-16(12)13(29)9(28)5-25)40-41(35,36)37-6-10-14(30)15(31)17(38-10)24-3-2-11(21)23-19(24)34;/h2-3,8-10,12-17,25,27-31H,4-6H2,1H3,(H,22,26)(H,32,33)(H,35,36)(H2,21,23,34);/q;+1/p-1/t8-,9+,10+,12+,13+,14+,15+,16+,17+,20+;/m0./s1/i1+2,35+2,36+2;. The minimum atomic E-state index is -5.56. The number of rotatable bonds is 11. The molecular formula is C20H30N4NaO16P. The van der Waals surface area contributed by atoms with Crippen molar-refractivity contribution in [3.8, 4) is 0 Å². The van der Waals surface area contributed by atoms with Gasteiger partial charge in [0, 0.05) is 19.5 Å². The first-order chi connectivity index (χ1) is 19.0. The van der Waals surface area contributed by atoms with E-state index in [0.29, 0.717) is 0 Å². The molecule has 10 N–H and O–H groups in total. The van der Waals surface area contributed by atoms with E-state index in [0.717, 1.165) is 17.7 Å². The number of phosphoric acid groups is 1. The Morgan fingerprint density at radius 3 is 2.57 bits per heavy atom. The zero-order valence-corrected chi connectivity index (χ0v) is 25.1. The van der Waals surface area contributed by atoms with Gasteiger partial charge in [-0.1, -0.05) is 0 Å². The Labute approximate surface area is 258 Å². The van der Waals surface area contributed by atoms with E-state index in [4.69, 9.17) is 24.3 Å². The van der Waals surface area contributed by atoms with Crippen molar-refractivity contribution < 1.29 is 103 Å². The number of aliphatic hydroxyl groups excluding tert-OH is 6. The molecule has 3 rings (SSSR count). The Kier molecular flexibility index (Phi) is 12.6. The van der Waals surface area contributed by atoms with Gasteiger partial charge in [0.2, 0.25) is 11.7 Å². The number of phosphoric ester groups is 1. The second kappa shape index (κ2) is 14.5. The van der Waals surface area contributed by atoms with Gasteiger partial charge in [0.15, 0.2) is 6.23 Å². The van der Waals surface area contributed by atoms with Crippen LogP contribution in [0.1, 0.15) is 19.6 Å². The molecule has 3 heterocycles. The zero-order valence-electron chi connectivity index (χ0n) is 22.2. The summed E-state index contributed by atoms with van der Waals surface area (Å²) in [5.41, 5.74) is 4.45. The van der Waals surface area contributed by atoms with Gasteiger partial charge in [0.25, 0.3) is 0 Å². The van der Waals surface area contributed by atoms with Crippen LogP contribution < -0.4 is 51.4 Å². The molecule has 22 heteroatoms. The van der Waals surface area contributed by atoms with Gasteiger partial charge in [0.05, 0.1) is 25.4 Å². The van der Waals surface area contributed by atoms with Crippen molar-refractivity contribution in [2.75, 3.05) is 18.9 Å². The fourth-order valence-electron chi connectivity index (χ4n) is 4.31. The van der Waals surface area contributed by atoms with E-state index in [1.165, 1.54) is 6.07 Å². The van der Waals surface area contributed by atoms with E-state index in [2.05, 4.69) is 10.3 Å². The van der Waals surface area contributed by atoms with Crippen molar-refractivity contribution in [3.63, 3.8) is 0 Å². The Hall–Kier alpha value is -1.59. The molecule has 1 amide bonds. The molecule has 20 nitrogen and oxygen atoms in total. The van der Waals surface area contributed by atoms with Gasteiger partial charge in [0.1, 0.15) is 48.4 Å². The first kappa shape index (κ1) is 36.6. The number of aromatic nitrogens is 2. The van der Waals surface area contributed by atoms with Crippen LogP contribution in [0.25, 0.3) is 0 Å². The Morgan fingerprint density at radius 1 is 1.38 bits per heavy atom. The zero-order chi connectivity index (χ0) is 30.9. The quantitative estimate of drug-likeness (QED) is 0.0614. The summed E-state index contributed by atoms with van der Waals surface area (Å²) in [4.78, 5) is 49.4. The van der Waals surface area contributed by atoms with Crippen molar-refractivity contribution in [2.24, 2.45) is 0 Å². The van der Waals surface area contributed by atoms with Crippen LogP contribution in [0.5, 0.6) is 0 Å². The van der Waals surface area contributed by atoms with Gasteiger partial charge < -0.3 is 66.0 Å². The number of carbonyl (C=O) groups is 2. The summed E-state index contributed by atoms with van der Waals surface area (Å²) in [5.74, 6) is -6.58. The summed E-state index contributed by atoms with van der Waals surface area (Å²) in [6.45, 7) is -1.10. The summed E-state index contributed by atoms with van der Waals surface area (Å²) in [5, 5.41) is 74.8. The third-order valence-electron chi connectivity index (χ3n) is 6.30. The second-order valence-electron chi connectivity index (χ2n) is 9.31. The van der Waals surface area contributed by atoms with Crippen molar-refractivity contribution in [3.05, 3.63) is 22.7 Å². The molecule has 232 valence electrons. The summed E-state index contributed by atoms with van der Waals surface area (Å²) in [6.07, 6.45) is -14.9. The van der Waals surface area contributed by atoms with E-state index in [1.54, 1.807) is 0 Å². The molecule has 1 unspecified atom stereocenters. The topological polar surface area (TPSA) is 326 Å². The molecule has 0 saturated carbocycles. The summed E-state index contributed by atoms with van der Waals surface area (Å²) in [6, 6.07) is -0.396. The molecule has 0 aromatic carbocycles. The molecule has 11 atom stereocenters. The molecule has 0 bridgehead atoms. The van der Waals surface area contributed by atoms with Crippen molar-refractivity contribution in [1.29, 1.82) is 0 Å². The maximum absolute atomic E-state index is 12.8. The molecule has 0 radical (unpaired) electrons. The minimum Gasteiger partial charge on any atom is -0.544 e. The molecule has 2 saturated heterocycles. The maximum Gasteiger partial charge on any atom is 1.00 e. The van der Waals surface area contributed by atoms with Crippen LogP contribution >= 0.6 is 7.82 Å². The van der Waals surface area contributed by atoms with E-state index in [1.807, 2.05) is 0 Å². The summed E-state index contributed by atoms with van der Waals surface area (Å²) < 4.78 is 33.5. The third-order valence-corrected chi connectivity index (χ3v) is 7.30. The fraction of sp³-hybridized carbons (Fsp3) is 0.700. The fourth-order valence-corrected chi connectivity index (χ4v) is 5.26. The van der Waals surface area contributed by atoms with Crippen LogP contribution in [-0.4, -0.2) is 125 Å². The number of carboxylic acid groups (broad SMARTS) is 1. The number of aliphatic hydroxyl groups is 6. The van der Waals surface area contributed by atoms with Crippen LogP contribution in [0.2, 0.25) is 0 Å². The molecule has 0 aliphatic carbocycles. The van der Waals surface area contributed by atoms with Gasteiger partial charge in [-0.05, 0) is 6.07 Å². The van der Waals surface area contributed by atoms with Gasteiger partial charge in [-0.15, -0.1) is 0 Å². The van der Waals surface area contributed by atoms with Crippen molar-refractivity contribution >= 4 is 25.5 Å². The Balaban J connectivity index is 0.00000616. The number of aliphatic carboxylic acids is 1. The molecule has 2 aliphatic rings. The smallest absolute Gasteiger partial charge is 0.544 e. The Bertz CT molecular complexity index is 1220. The van der Waals surface area contributed by atoms with Crippen LogP contribution in [-0.2, 0) is 32.7 Å². The van der Waals surface area contributed by atoms with E-state index >= 15 is 0 Å². The monoisotopic (exact) mass is 642 g/mol. The number of nitrogen functional groups attached to an aromatic ring is 1. The number of anilines is 1. The van der Waals surface area contributed by atoms with Gasteiger partial charge in [-0.25, -0.2) is 13.9 Å². The summed E-state index contributed by atoms with van der Waals surface area (Å²) >= 11 is 0. The predicted octanol–water partition coefficient (Wildman–Crippen LogP) is -9.60. The molecule has 1 aromatic heterocycles. The van der Waals surface area contributed by atoms with Gasteiger partial charge >= 0.3 is 43.1 Å². The normalized spacial score (nSPS) is 34.0. The first-order valence-corrected chi connectivity index (χ1v) is 13.4. The van der Waals surface area contributed by atoms with Crippen LogP contribution in [0, 0.1) is 0 Å². The third kappa shape index (κ3) is 8.11. The number of carbonyl (C=O) groups excluding carboxylic acids is 2. The van der Waals surface area contributed by atoms with Crippen LogP contribution in [0.15, 0.2) is 17.1 Å². The molecule has 2 aliphatic heterocycles. The second-order valence-corrected chi connectivity index (χ2v) is 10.7. The number of carboxylic acids is 1. The largest absolute Gasteiger partial charge is 1.00 e. The number of ether oxygens (including phenoxy) is 2. The average Bonchev–Trinajstić information content (AvgIpc) is 3.16. The van der Waals surface area contributed by atoms with E-state index in [-0.39, 0.29) is 35.4 Å². The number of nitrogens with zero attached hydrogens (tertiary/aromatic N) is 2. The number of hydrogen-bond donors (Lipinski definition) is 9. The molecule has 42 heavy (non-hydrogen) atoms. The van der Waals surface area contributed by atoms with E-state index < -0.39 is 106 Å². The van der Waals surface area contributed by atoms with Crippen molar-refractivity contribution in [2.45, 2.75) is 74.1 Å². The maximum atomic E-state index is 12.8. The minimum absolute atomic E-state index is 0. The molecule has 1 aromatic rings. The van der Waals surface area contributed by atoms with Crippen molar-refractivity contribution in [1.82, 2.24) is 14.9 Å². The average molecular weight is 642 g/mol. The van der Waals surface area contributed by atoms with Gasteiger partial charge in [-0.3, -0.25) is 13.9 Å². The summed E-state index contributed by atoms with van der Waals surface area (Å²) in [7, 11) is -5.56. The first-order valence-electron chi connectivity index (χ1n) is 11.9. The van der Waals surface area contributed by atoms with Crippen LogP contribution in [0.4, 0.5) is 5.82 Å². The Morgan fingerprint density at radius 2 is 2.02 bits per heavy atom. The SMILES string of the molecule is [14CH3]C(=O)N[C@H]1[C@H]([C@H](O)[C@H](O)CO)O[C@](OP(=[18O])([18OH])OC[C@H]2O[C@@H](n3ccc(N)nc3=O)[C@H](O)[C@@H]2O)(C(=O)[O-])C[C@@H]1O.[Na+]. The number of hydrogen-bond acceptors (Lipinski definition) is 17. The van der Waals surface area contributed by atoms with E-state index in [9.17, 15) is 59.6 Å². The predicted molar refractivity (Wildman–Crippen MR) is 126 cm³/mol. The van der Waals surface area contributed by atoms with Crippen LogP contribution in [0.3, 0.4) is 0 Å². The molecule has 2 fully saturated rings.